The van der Waals surface area contributed by atoms with Gasteiger partial charge >= 0.3 is 0 Å². The Morgan fingerprint density at radius 2 is 2.67 bits per heavy atom. The van der Waals surface area contributed by atoms with Crippen molar-refractivity contribution in [1.82, 2.24) is 4.98 Å². The molecule has 0 aliphatic heterocycles. The third kappa shape index (κ3) is 2.45. The highest BCUT2D eigenvalue weighted by atomic mass is 79.9. The van der Waals surface area contributed by atoms with Crippen molar-refractivity contribution in [2.75, 3.05) is 0 Å². The monoisotopic (exact) mass is 205 g/mol. The first-order valence-corrected chi connectivity index (χ1v) is 4.60. The minimum atomic E-state index is 0.568. The molecule has 1 unspecified atom stereocenters. The highest BCUT2D eigenvalue weighted by Crippen LogP contribution is 2.12. The molecule has 50 valence electrons. The van der Waals surface area contributed by atoms with E-state index in [4.69, 9.17) is 0 Å². The lowest BCUT2D eigenvalue weighted by Crippen LogP contribution is -1.92. The van der Waals surface area contributed by atoms with E-state index in [-0.39, 0.29) is 0 Å². The van der Waals surface area contributed by atoms with Crippen LogP contribution in [0.3, 0.4) is 0 Å². The molecule has 0 aromatic carbocycles. The lowest BCUT2D eigenvalue weighted by Gasteiger charge is -1.95. The molecule has 1 aromatic rings. The first-order valence-electron chi connectivity index (χ1n) is 2.80. The molecule has 0 saturated carbocycles. The predicted molar refractivity (Wildman–Crippen MR) is 44.2 cm³/mol. The third-order valence-corrected chi connectivity index (χ3v) is 2.09. The highest BCUT2D eigenvalue weighted by Gasteiger charge is 1.98. The van der Waals surface area contributed by atoms with Crippen molar-refractivity contribution in [2.24, 2.45) is 0 Å². The van der Waals surface area contributed by atoms with Crippen LogP contribution in [0.25, 0.3) is 0 Å². The van der Waals surface area contributed by atoms with E-state index in [1.54, 1.807) is 11.3 Å². The molecule has 1 heterocycles. The van der Waals surface area contributed by atoms with Gasteiger partial charge in [0.15, 0.2) is 0 Å². The smallest absolute Gasteiger partial charge is 0.0794 e. The van der Waals surface area contributed by atoms with E-state index in [1.807, 2.05) is 11.7 Å². The maximum Gasteiger partial charge on any atom is 0.0794 e. The number of rotatable bonds is 2. The number of hydrogen-bond acceptors (Lipinski definition) is 2. The molecule has 0 amide bonds. The predicted octanol–water partition coefficient (Wildman–Crippen LogP) is 2.47. The van der Waals surface area contributed by atoms with E-state index in [2.05, 4.69) is 27.8 Å². The van der Waals surface area contributed by atoms with Gasteiger partial charge in [0.25, 0.3) is 0 Å². The van der Waals surface area contributed by atoms with Crippen LogP contribution in [0.2, 0.25) is 0 Å². The maximum atomic E-state index is 3.97. The summed E-state index contributed by atoms with van der Waals surface area (Å²) >= 11 is 5.18. The number of hydrogen-bond donors (Lipinski definition) is 0. The van der Waals surface area contributed by atoms with Crippen molar-refractivity contribution >= 4 is 27.3 Å². The topological polar surface area (TPSA) is 12.9 Å². The van der Waals surface area contributed by atoms with Crippen LogP contribution in [0.15, 0.2) is 11.7 Å². The summed E-state index contributed by atoms with van der Waals surface area (Å²) in [5, 5.41) is 0. The van der Waals surface area contributed by atoms with Crippen molar-refractivity contribution in [1.29, 1.82) is 0 Å². The average Bonchev–Trinajstić information content (AvgIpc) is 2.15. The molecule has 0 spiro atoms. The van der Waals surface area contributed by atoms with Crippen LogP contribution in [0, 0.1) is 0 Å². The van der Waals surface area contributed by atoms with Crippen LogP contribution >= 0.6 is 27.3 Å². The van der Waals surface area contributed by atoms with Crippen molar-refractivity contribution < 1.29 is 0 Å². The van der Waals surface area contributed by atoms with E-state index >= 15 is 0 Å². The van der Waals surface area contributed by atoms with E-state index in [9.17, 15) is 0 Å². The van der Waals surface area contributed by atoms with E-state index < -0.39 is 0 Å². The first kappa shape index (κ1) is 7.22. The fourth-order valence-corrected chi connectivity index (χ4v) is 1.91. The summed E-state index contributed by atoms with van der Waals surface area (Å²) in [4.78, 5) is 5.89. The number of aromatic nitrogens is 1. The van der Waals surface area contributed by atoms with Gasteiger partial charge < -0.3 is 0 Å². The Bertz CT molecular complexity index is 160. The third-order valence-electron chi connectivity index (χ3n) is 0.966. The number of nitrogens with zero attached hydrogens (tertiary/aromatic N) is 1. The minimum Gasteiger partial charge on any atom is -0.253 e. The van der Waals surface area contributed by atoms with Gasteiger partial charge in [0.05, 0.1) is 5.51 Å². The summed E-state index contributed by atoms with van der Waals surface area (Å²) < 4.78 is 0. The van der Waals surface area contributed by atoms with Gasteiger partial charge in [0.2, 0.25) is 0 Å². The summed E-state index contributed by atoms with van der Waals surface area (Å²) in [5.74, 6) is 0. The second kappa shape index (κ2) is 3.32. The molecule has 1 aromatic heterocycles. The van der Waals surface area contributed by atoms with E-state index in [0.29, 0.717) is 4.83 Å². The summed E-state index contributed by atoms with van der Waals surface area (Å²) in [7, 11) is 0. The SMILES string of the molecule is CC(Br)Cc1cncs1. The second-order valence-electron chi connectivity index (χ2n) is 1.95. The van der Waals surface area contributed by atoms with Gasteiger partial charge in [0, 0.05) is 15.9 Å². The molecule has 1 atom stereocenters. The second-order valence-corrected chi connectivity index (χ2v) is 4.49. The molecule has 1 rings (SSSR count). The quantitative estimate of drug-likeness (QED) is 0.677. The molecule has 0 aliphatic carbocycles. The molecule has 1 nitrogen and oxygen atoms in total. The Morgan fingerprint density at radius 3 is 3.11 bits per heavy atom. The zero-order valence-corrected chi connectivity index (χ0v) is 7.58. The Labute approximate surface area is 67.3 Å². The van der Waals surface area contributed by atoms with Crippen LogP contribution in [0.4, 0.5) is 0 Å². The fraction of sp³-hybridized carbons (Fsp3) is 0.500. The Kier molecular flexibility index (Phi) is 2.66. The first-order chi connectivity index (χ1) is 4.29. The molecular formula is C6H8BrNS. The van der Waals surface area contributed by atoms with Gasteiger partial charge in [-0.15, -0.1) is 11.3 Å². The summed E-state index contributed by atoms with van der Waals surface area (Å²) in [5.41, 5.74) is 1.87. The molecule has 0 aliphatic rings. The normalized spacial score (nSPS) is 13.6. The van der Waals surface area contributed by atoms with Crippen LogP contribution < -0.4 is 0 Å². The van der Waals surface area contributed by atoms with E-state index in [1.165, 1.54) is 4.88 Å². The zero-order valence-electron chi connectivity index (χ0n) is 5.17. The van der Waals surface area contributed by atoms with Gasteiger partial charge in [0.1, 0.15) is 0 Å². The Morgan fingerprint density at radius 1 is 1.89 bits per heavy atom. The molecule has 0 radical (unpaired) electrons. The number of alkyl halides is 1. The Hall–Kier alpha value is 0.110. The van der Waals surface area contributed by atoms with Gasteiger partial charge in [-0.05, 0) is 6.42 Å². The lowest BCUT2D eigenvalue weighted by atomic mass is 10.3. The van der Waals surface area contributed by atoms with Gasteiger partial charge in [-0.2, -0.15) is 0 Å². The molecule has 3 heteroatoms. The van der Waals surface area contributed by atoms with Crippen LogP contribution in [0.5, 0.6) is 0 Å². The minimum absolute atomic E-state index is 0.568. The lowest BCUT2D eigenvalue weighted by molar-refractivity contribution is 0.975. The largest absolute Gasteiger partial charge is 0.253 e. The molecule has 0 N–H and O–H groups in total. The molecular weight excluding hydrogens is 198 g/mol. The summed E-state index contributed by atoms with van der Waals surface area (Å²) in [6.07, 6.45) is 3.01. The Balaban J connectivity index is 2.48. The maximum absolute atomic E-state index is 3.97. The zero-order chi connectivity index (χ0) is 6.69. The average molecular weight is 206 g/mol. The highest BCUT2D eigenvalue weighted by molar-refractivity contribution is 9.09. The molecule has 0 saturated heterocycles. The number of halogens is 1. The van der Waals surface area contributed by atoms with Crippen LogP contribution in [-0.4, -0.2) is 9.81 Å². The molecule has 0 fully saturated rings. The van der Waals surface area contributed by atoms with Crippen molar-refractivity contribution in [3.8, 4) is 0 Å². The molecule has 0 bridgehead atoms. The van der Waals surface area contributed by atoms with Crippen molar-refractivity contribution in [3.05, 3.63) is 16.6 Å². The van der Waals surface area contributed by atoms with Crippen LogP contribution in [0.1, 0.15) is 11.8 Å². The van der Waals surface area contributed by atoms with Gasteiger partial charge in [-0.1, -0.05) is 22.9 Å². The van der Waals surface area contributed by atoms with Crippen molar-refractivity contribution in [3.63, 3.8) is 0 Å². The van der Waals surface area contributed by atoms with Crippen LogP contribution in [-0.2, 0) is 6.42 Å². The van der Waals surface area contributed by atoms with E-state index in [0.717, 1.165) is 6.42 Å². The van der Waals surface area contributed by atoms with Gasteiger partial charge in [-0.3, -0.25) is 4.98 Å². The summed E-state index contributed by atoms with van der Waals surface area (Å²) in [6, 6.07) is 0. The molecule has 9 heavy (non-hydrogen) atoms. The summed E-state index contributed by atoms with van der Waals surface area (Å²) in [6.45, 7) is 2.14. The van der Waals surface area contributed by atoms with Gasteiger partial charge in [-0.25, -0.2) is 0 Å². The fourth-order valence-electron chi connectivity index (χ4n) is 0.620. The number of thiazole rings is 1. The standard InChI is InChI=1S/C6H8BrNS/c1-5(7)2-6-3-8-4-9-6/h3-5H,2H2,1H3. The van der Waals surface area contributed by atoms with Crippen molar-refractivity contribution in [2.45, 2.75) is 18.2 Å².